The number of nitrogens with two attached hydrogens (primary N) is 1. The molecular weight excluding hydrogens is 386 g/mol. The Morgan fingerprint density at radius 2 is 2.10 bits per heavy atom. The number of hydrogen-bond donors (Lipinski definition) is 2. The minimum absolute atomic E-state index is 0.0307. The van der Waals surface area contributed by atoms with E-state index in [9.17, 15) is 9.59 Å². The van der Waals surface area contributed by atoms with E-state index in [1.807, 2.05) is 44.3 Å². The van der Waals surface area contributed by atoms with Gasteiger partial charge in [-0.25, -0.2) is 0 Å². The fourth-order valence-corrected chi connectivity index (χ4v) is 4.48. The maximum absolute atomic E-state index is 13.6. The number of rotatable bonds is 5. The van der Waals surface area contributed by atoms with Crippen LogP contribution in [0, 0.1) is 6.92 Å². The van der Waals surface area contributed by atoms with Gasteiger partial charge >= 0.3 is 0 Å². The highest BCUT2D eigenvalue weighted by Crippen LogP contribution is 2.51. The van der Waals surface area contributed by atoms with Crippen LogP contribution >= 0.6 is 0 Å². The number of nitrogens with one attached hydrogen (secondary N) is 1. The van der Waals surface area contributed by atoms with E-state index in [0.29, 0.717) is 41.5 Å². The molecule has 2 aliphatic rings. The Morgan fingerprint density at radius 1 is 1.30 bits per heavy atom. The van der Waals surface area contributed by atoms with Gasteiger partial charge in [0.05, 0.1) is 26.3 Å². The summed E-state index contributed by atoms with van der Waals surface area (Å²) >= 11 is 0. The Labute approximate surface area is 175 Å². The number of methoxy groups -OCH3 is 1. The van der Waals surface area contributed by atoms with Crippen LogP contribution in [-0.2, 0) is 16.0 Å². The third kappa shape index (κ3) is 3.43. The number of hydrogen-bond acceptors (Lipinski definition) is 5. The summed E-state index contributed by atoms with van der Waals surface area (Å²) < 4.78 is 17.0. The van der Waals surface area contributed by atoms with E-state index < -0.39 is 11.9 Å². The molecule has 0 saturated carbocycles. The summed E-state index contributed by atoms with van der Waals surface area (Å²) in [5, 5.41) is 3.01. The zero-order chi connectivity index (χ0) is 21.5. The molecule has 0 spiro atoms. The lowest BCUT2D eigenvalue weighted by Crippen LogP contribution is -2.58. The van der Waals surface area contributed by atoms with Crippen molar-refractivity contribution < 1.29 is 28.3 Å². The van der Waals surface area contributed by atoms with E-state index in [4.69, 9.17) is 19.9 Å². The Bertz CT molecular complexity index is 1020. The van der Waals surface area contributed by atoms with Crippen molar-refractivity contribution in [2.75, 3.05) is 39.4 Å². The molecule has 0 radical (unpaired) electrons. The Balaban J connectivity index is 1.83. The number of likely N-dealkylation sites (N-methyl/N-ethyl adjacent to an activating group) is 1. The molecule has 30 heavy (non-hydrogen) atoms. The summed E-state index contributed by atoms with van der Waals surface area (Å²) in [5.74, 6) is 0.862. The van der Waals surface area contributed by atoms with Crippen molar-refractivity contribution in [3.05, 3.63) is 47.0 Å². The molecule has 8 heteroatoms. The number of carbonyl (C=O) groups excluding carboxylic acids is 2. The molecule has 158 valence electrons. The monoisotopic (exact) mass is 412 g/mol. The van der Waals surface area contributed by atoms with Crippen molar-refractivity contribution in [1.82, 2.24) is 0 Å². The SMILES string of the molecule is COc1c2c(cc3c1[C@H](C(=O)Nc1cccc(C)c1)[N@+](C)(CC(N)=O)CC3)OCO2. The van der Waals surface area contributed by atoms with Gasteiger partial charge in [0, 0.05) is 12.1 Å². The van der Waals surface area contributed by atoms with E-state index in [1.54, 1.807) is 7.11 Å². The zero-order valence-corrected chi connectivity index (χ0v) is 17.4. The quantitative estimate of drug-likeness (QED) is 0.731. The number of benzene rings is 2. The normalized spacial score (nSPS) is 21.6. The van der Waals surface area contributed by atoms with Crippen LogP contribution in [0.4, 0.5) is 5.69 Å². The fraction of sp³-hybridized carbons (Fsp3) is 0.364. The minimum Gasteiger partial charge on any atom is -0.492 e. The molecule has 0 fully saturated rings. The van der Waals surface area contributed by atoms with E-state index in [-0.39, 0.29) is 23.7 Å². The van der Waals surface area contributed by atoms with E-state index in [2.05, 4.69) is 5.32 Å². The molecular formula is C22H26N3O5+. The molecule has 0 bridgehead atoms. The molecule has 0 aliphatic carbocycles. The second kappa shape index (κ2) is 7.53. The second-order valence-corrected chi connectivity index (χ2v) is 8.06. The van der Waals surface area contributed by atoms with Gasteiger partial charge in [0.2, 0.25) is 12.5 Å². The van der Waals surface area contributed by atoms with Crippen molar-refractivity contribution in [3.63, 3.8) is 0 Å². The molecule has 2 heterocycles. The molecule has 2 atom stereocenters. The summed E-state index contributed by atoms with van der Waals surface area (Å²) in [5.41, 5.74) is 8.94. The lowest BCUT2D eigenvalue weighted by molar-refractivity contribution is -0.924. The van der Waals surface area contributed by atoms with Crippen LogP contribution in [-0.4, -0.2) is 50.3 Å². The number of aryl methyl sites for hydroxylation is 1. The van der Waals surface area contributed by atoms with Crippen LogP contribution in [0.5, 0.6) is 17.2 Å². The number of carbonyl (C=O) groups is 2. The smallest absolute Gasteiger partial charge is 0.287 e. The van der Waals surface area contributed by atoms with Crippen molar-refractivity contribution in [2.45, 2.75) is 19.4 Å². The van der Waals surface area contributed by atoms with Crippen LogP contribution in [0.25, 0.3) is 0 Å². The highest BCUT2D eigenvalue weighted by Gasteiger charge is 2.48. The number of ether oxygens (including phenoxy) is 3. The average Bonchev–Trinajstić information content (AvgIpc) is 3.13. The van der Waals surface area contributed by atoms with Crippen molar-refractivity contribution in [2.24, 2.45) is 5.73 Å². The van der Waals surface area contributed by atoms with E-state index in [0.717, 1.165) is 11.1 Å². The molecule has 8 nitrogen and oxygen atoms in total. The van der Waals surface area contributed by atoms with Gasteiger partial charge in [0.25, 0.3) is 11.8 Å². The third-order valence-electron chi connectivity index (χ3n) is 5.79. The van der Waals surface area contributed by atoms with Gasteiger partial charge in [0.1, 0.15) is 0 Å². The van der Waals surface area contributed by atoms with Crippen LogP contribution in [0.2, 0.25) is 0 Å². The largest absolute Gasteiger partial charge is 0.492 e. The first-order chi connectivity index (χ1) is 14.3. The number of primary amides is 1. The van der Waals surface area contributed by atoms with E-state index >= 15 is 0 Å². The topological polar surface area (TPSA) is 99.9 Å². The summed E-state index contributed by atoms with van der Waals surface area (Å²) in [6, 6.07) is 8.78. The van der Waals surface area contributed by atoms with Crippen molar-refractivity contribution in [1.29, 1.82) is 0 Å². The summed E-state index contributed by atoms with van der Waals surface area (Å²) in [6.07, 6.45) is 0.653. The maximum atomic E-state index is 13.6. The lowest BCUT2D eigenvalue weighted by Gasteiger charge is -2.44. The summed E-state index contributed by atoms with van der Waals surface area (Å²) in [6.45, 7) is 2.66. The van der Waals surface area contributed by atoms with Gasteiger partial charge in [-0.05, 0) is 36.2 Å². The molecule has 0 aromatic heterocycles. The fourth-order valence-electron chi connectivity index (χ4n) is 4.48. The number of anilines is 1. The number of amides is 2. The van der Waals surface area contributed by atoms with Crippen LogP contribution in [0.3, 0.4) is 0 Å². The minimum atomic E-state index is -0.703. The van der Waals surface area contributed by atoms with Crippen LogP contribution in [0.1, 0.15) is 22.7 Å². The molecule has 0 saturated heterocycles. The highest BCUT2D eigenvalue weighted by molar-refractivity contribution is 5.96. The number of fused-ring (bicyclic) bond motifs is 2. The lowest BCUT2D eigenvalue weighted by atomic mass is 9.88. The van der Waals surface area contributed by atoms with Gasteiger partial charge in [-0.2, -0.15) is 0 Å². The summed E-state index contributed by atoms with van der Waals surface area (Å²) in [7, 11) is 3.42. The molecule has 3 N–H and O–H groups in total. The highest BCUT2D eigenvalue weighted by atomic mass is 16.7. The molecule has 2 aromatic carbocycles. The standard InChI is InChI=1S/C22H25N3O5/c1-13-5-4-6-15(9-13)24-22(27)19-18-14(7-8-25(19,2)11-17(23)26)10-16-20(21(18)28-3)30-12-29-16/h4-6,9-10,19H,7-8,11-12H2,1-3H3,(H2-,23,24,26,27)/p+1/t19-,25+/m1/s1. The van der Waals surface area contributed by atoms with Gasteiger partial charge in [0.15, 0.2) is 24.1 Å². The van der Waals surface area contributed by atoms with Gasteiger partial charge in [-0.15, -0.1) is 0 Å². The Kier molecular flexibility index (Phi) is 5.03. The first kappa shape index (κ1) is 20.0. The van der Waals surface area contributed by atoms with Crippen molar-refractivity contribution >= 4 is 17.5 Å². The van der Waals surface area contributed by atoms with Crippen LogP contribution < -0.4 is 25.3 Å². The molecule has 4 rings (SSSR count). The molecule has 0 unspecified atom stereocenters. The predicted octanol–water partition coefficient (Wildman–Crippen LogP) is 1.90. The predicted molar refractivity (Wildman–Crippen MR) is 110 cm³/mol. The first-order valence-electron chi connectivity index (χ1n) is 9.82. The second-order valence-electron chi connectivity index (χ2n) is 8.06. The Hall–Kier alpha value is -3.26. The number of nitrogens with zero attached hydrogens (tertiary/aromatic N) is 1. The summed E-state index contributed by atoms with van der Waals surface area (Å²) in [4.78, 5) is 25.5. The molecule has 2 aliphatic heterocycles. The first-order valence-corrected chi connectivity index (χ1v) is 9.82. The van der Waals surface area contributed by atoms with Gasteiger partial charge in [-0.3, -0.25) is 9.59 Å². The molecule has 2 amide bonds. The van der Waals surface area contributed by atoms with Gasteiger partial charge in [-0.1, -0.05) is 12.1 Å². The molecule has 2 aromatic rings. The maximum Gasteiger partial charge on any atom is 0.287 e. The third-order valence-corrected chi connectivity index (χ3v) is 5.79. The Morgan fingerprint density at radius 3 is 2.80 bits per heavy atom. The van der Waals surface area contributed by atoms with Crippen molar-refractivity contribution in [3.8, 4) is 17.2 Å². The van der Waals surface area contributed by atoms with Gasteiger partial charge < -0.3 is 29.7 Å². The number of quaternary nitrogens is 1. The zero-order valence-electron chi connectivity index (χ0n) is 17.4. The van der Waals surface area contributed by atoms with E-state index in [1.165, 1.54) is 0 Å². The van der Waals surface area contributed by atoms with Crippen LogP contribution in [0.15, 0.2) is 30.3 Å². The average molecular weight is 412 g/mol.